The number of anilines is 2. The predicted molar refractivity (Wildman–Crippen MR) is 73.3 cm³/mol. The molecule has 0 amide bonds. The Labute approximate surface area is 107 Å². The van der Waals surface area contributed by atoms with Crippen molar-refractivity contribution in [2.75, 3.05) is 23.9 Å². The molecule has 0 saturated carbocycles. The smallest absolute Gasteiger partial charge is 0.141 e. The second kappa shape index (κ2) is 5.97. The minimum absolute atomic E-state index is 0.670. The van der Waals surface area contributed by atoms with E-state index in [-0.39, 0.29) is 0 Å². The van der Waals surface area contributed by atoms with Crippen LogP contribution in [-0.2, 0) is 6.42 Å². The SMILES string of the molecule is CN(CCc1ccncc1)c1ccnc(NN)c1. The van der Waals surface area contributed by atoms with Gasteiger partial charge in [-0.1, -0.05) is 0 Å². The highest BCUT2D eigenvalue weighted by molar-refractivity contribution is 5.52. The molecular formula is C13H17N5. The van der Waals surface area contributed by atoms with Crippen LogP contribution in [0.15, 0.2) is 42.9 Å². The van der Waals surface area contributed by atoms with Crippen molar-refractivity contribution in [3.63, 3.8) is 0 Å². The van der Waals surface area contributed by atoms with Crippen molar-refractivity contribution < 1.29 is 0 Å². The number of nitrogens with zero attached hydrogens (tertiary/aromatic N) is 3. The quantitative estimate of drug-likeness (QED) is 0.614. The summed E-state index contributed by atoms with van der Waals surface area (Å²) in [7, 11) is 2.05. The van der Waals surface area contributed by atoms with E-state index in [0.717, 1.165) is 18.7 Å². The van der Waals surface area contributed by atoms with Gasteiger partial charge in [0.15, 0.2) is 0 Å². The number of aromatic nitrogens is 2. The number of likely N-dealkylation sites (N-methyl/N-ethyl adjacent to an activating group) is 1. The summed E-state index contributed by atoms with van der Waals surface area (Å²) < 4.78 is 0. The molecule has 0 aliphatic carbocycles. The minimum atomic E-state index is 0.670. The number of hydrazine groups is 1. The highest BCUT2D eigenvalue weighted by Crippen LogP contribution is 2.15. The van der Waals surface area contributed by atoms with E-state index in [2.05, 4.69) is 27.3 Å². The molecule has 2 rings (SSSR count). The number of pyridine rings is 2. The Morgan fingerprint density at radius 1 is 1.22 bits per heavy atom. The Morgan fingerprint density at radius 2 is 2.00 bits per heavy atom. The molecule has 0 unspecified atom stereocenters. The maximum atomic E-state index is 5.35. The van der Waals surface area contributed by atoms with Crippen molar-refractivity contribution in [2.45, 2.75) is 6.42 Å². The van der Waals surface area contributed by atoms with E-state index in [1.165, 1.54) is 5.56 Å². The summed E-state index contributed by atoms with van der Waals surface area (Å²) >= 11 is 0. The van der Waals surface area contributed by atoms with Crippen LogP contribution < -0.4 is 16.2 Å². The normalized spacial score (nSPS) is 10.1. The van der Waals surface area contributed by atoms with E-state index in [9.17, 15) is 0 Å². The summed E-state index contributed by atoms with van der Waals surface area (Å²) in [4.78, 5) is 10.3. The molecule has 5 heteroatoms. The molecule has 0 aliphatic rings. The first-order valence-electron chi connectivity index (χ1n) is 5.82. The summed E-state index contributed by atoms with van der Waals surface area (Å²) in [5.41, 5.74) is 4.92. The van der Waals surface area contributed by atoms with Gasteiger partial charge in [0.1, 0.15) is 5.82 Å². The van der Waals surface area contributed by atoms with E-state index in [0.29, 0.717) is 5.82 Å². The average Bonchev–Trinajstić information content (AvgIpc) is 2.46. The van der Waals surface area contributed by atoms with Crippen LogP contribution in [0.3, 0.4) is 0 Å². The van der Waals surface area contributed by atoms with Crippen LogP contribution in [0.1, 0.15) is 5.56 Å². The Balaban J connectivity index is 1.97. The van der Waals surface area contributed by atoms with Gasteiger partial charge in [-0.15, -0.1) is 0 Å². The predicted octanol–water partition coefficient (Wildman–Crippen LogP) is 1.44. The highest BCUT2D eigenvalue weighted by Gasteiger charge is 2.02. The Hall–Kier alpha value is -2.14. The summed E-state index contributed by atoms with van der Waals surface area (Å²) in [5, 5.41) is 0. The third-order valence-corrected chi connectivity index (χ3v) is 2.82. The molecule has 94 valence electrons. The molecule has 0 radical (unpaired) electrons. The van der Waals surface area contributed by atoms with Crippen molar-refractivity contribution in [3.05, 3.63) is 48.4 Å². The van der Waals surface area contributed by atoms with Gasteiger partial charge in [-0.3, -0.25) is 4.98 Å². The lowest BCUT2D eigenvalue weighted by atomic mass is 10.2. The summed E-state index contributed by atoms with van der Waals surface area (Å²) in [6, 6.07) is 7.96. The van der Waals surface area contributed by atoms with Crippen LogP contribution in [0.5, 0.6) is 0 Å². The zero-order valence-corrected chi connectivity index (χ0v) is 10.4. The van der Waals surface area contributed by atoms with E-state index < -0.39 is 0 Å². The van der Waals surface area contributed by atoms with E-state index >= 15 is 0 Å². The fourth-order valence-corrected chi connectivity index (χ4v) is 1.71. The van der Waals surface area contributed by atoms with Crippen LogP contribution >= 0.6 is 0 Å². The lowest BCUT2D eigenvalue weighted by molar-refractivity contribution is 0.873. The molecule has 3 N–H and O–H groups in total. The number of hydrogen-bond acceptors (Lipinski definition) is 5. The second-order valence-corrected chi connectivity index (χ2v) is 4.07. The van der Waals surface area contributed by atoms with Crippen molar-refractivity contribution in [3.8, 4) is 0 Å². The lowest BCUT2D eigenvalue weighted by Gasteiger charge is -2.19. The lowest BCUT2D eigenvalue weighted by Crippen LogP contribution is -2.20. The van der Waals surface area contributed by atoms with Gasteiger partial charge in [-0.25, -0.2) is 10.8 Å². The molecule has 0 spiro atoms. The molecule has 18 heavy (non-hydrogen) atoms. The molecule has 2 heterocycles. The maximum Gasteiger partial charge on any atom is 0.141 e. The number of nitrogen functional groups attached to an aromatic ring is 1. The van der Waals surface area contributed by atoms with Gasteiger partial charge in [0.2, 0.25) is 0 Å². The Morgan fingerprint density at radius 3 is 2.72 bits per heavy atom. The van der Waals surface area contributed by atoms with Gasteiger partial charge in [-0.05, 0) is 30.2 Å². The number of nitrogens with one attached hydrogen (secondary N) is 1. The van der Waals surface area contributed by atoms with Crippen molar-refractivity contribution >= 4 is 11.5 Å². The van der Waals surface area contributed by atoms with Gasteiger partial charge in [0.25, 0.3) is 0 Å². The molecule has 0 fully saturated rings. The highest BCUT2D eigenvalue weighted by atomic mass is 15.2. The molecule has 2 aromatic rings. The van der Waals surface area contributed by atoms with Crippen molar-refractivity contribution in [1.82, 2.24) is 9.97 Å². The van der Waals surface area contributed by atoms with Crippen LogP contribution in [0.2, 0.25) is 0 Å². The van der Waals surface area contributed by atoms with Crippen LogP contribution in [0.25, 0.3) is 0 Å². The monoisotopic (exact) mass is 243 g/mol. The molecule has 0 aromatic carbocycles. The van der Waals surface area contributed by atoms with Crippen LogP contribution in [0, 0.1) is 0 Å². The average molecular weight is 243 g/mol. The van der Waals surface area contributed by atoms with Crippen LogP contribution in [-0.4, -0.2) is 23.6 Å². The third kappa shape index (κ3) is 3.18. The zero-order chi connectivity index (χ0) is 12.8. The molecule has 0 bridgehead atoms. The zero-order valence-electron chi connectivity index (χ0n) is 10.4. The van der Waals surface area contributed by atoms with Crippen molar-refractivity contribution in [1.29, 1.82) is 0 Å². The van der Waals surface area contributed by atoms with Gasteiger partial charge in [0.05, 0.1) is 0 Å². The number of hydrogen-bond donors (Lipinski definition) is 2. The molecular weight excluding hydrogens is 226 g/mol. The maximum absolute atomic E-state index is 5.35. The third-order valence-electron chi connectivity index (χ3n) is 2.82. The summed E-state index contributed by atoms with van der Waals surface area (Å²) in [6.45, 7) is 0.929. The number of rotatable bonds is 5. The first-order chi connectivity index (χ1) is 8.79. The van der Waals surface area contributed by atoms with Gasteiger partial charge in [-0.2, -0.15) is 0 Å². The molecule has 0 saturated heterocycles. The first-order valence-corrected chi connectivity index (χ1v) is 5.82. The van der Waals surface area contributed by atoms with Crippen molar-refractivity contribution in [2.24, 2.45) is 5.84 Å². The van der Waals surface area contributed by atoms with E-state index in [1.807, 2.05) is 36.7 Å². The number of nitrogens with two attached hydrogens (primary N) is 1. The topological polar surface area (TPSA) is 67.1 Å². The minimum Gasteiger partial charge on any atom is -0.374 e. The van der Waals surface area contributed by atoms with Gasteiger partial charge >= 0.3 is 0 Å². The fraction of sp³-hybridized carbons (Fsp3) is 0.231. The van der Waals surface area contributed by atoms with Gasteiger partial charge in [0, 0.05) is 43.9 Å². The van der Waals surface area contributed by atoms with Crippen LogP contribution in [0.4, 0.5) is 11.5 Å². The summed E-state index contributed by atoms with van der Waals surface area (Å²) in [6.07, 6.45) is 6.36. The second-order valence-electron chi connectivity index (χ2n) is 4.07. The molecule has 2 aromatic heterocycles. The standard InChI is InChI=1S/C13H17N5/c1-18(9-5-11-2-6-15-7-3-11)12-4-8-16-13(10-12)17-14/h2-4,6-8,10H,5,9,14H2,1H3,(H,16,17). The Kier molecular flexibility index (Phi) is 4.09. The Bertz CT molecular complexity index is 486. The fourth-order valence-electron chi connectivity index (χ4n) is 1.71. The molecule has 0 atom stereocenters. The van der Waals surface area contributed by atoms with Gasteiger partial charge < -0.3 is 10.3 Å². The molecule has 0 aliphatic heterocycles. The molecule has 5 nitrogen and oxygen atoms in total. The largest absolute Gasteiger partial charge is 0.374 e. The summed E-state index contributed by atoms with van der Waals surface area (Å²) in [5.74, 6) is 6.02. The first kappa shape index (κ1) is 12.3. The van der Waals surface area contributed by atoms with E-state index in [1.54, 1.807) is 6.20 Å². The van der Waals surface area contributed by atoms with E-state index in [4.69, 9.17) is 5.84 Å².